The van der Waals surface area contributed by atoms with Gasteiger partial charge >= 0.3 is 0 Å². The minimum atomic E-state index is -0.155. The first-order chi connectivity index (χ1) is 9.74. The standard InChI is InChI=1S/C16H20ClNO2/c17-16(12-18(7-9-19)8-10-20)15-6-5-13-3-1-2-4-14(13)11-15/h1-6,11,16,19-20H,7-10,12H2. The normalized spacial score (nSPS) is 13.0. The van der Waals surface area contributed by atoms with E-state index in [0.717, 1.165) is 5.56 Å². The Kier molecular flexibility index (Phi) is 5.80. The van der Waals surface area contributed by atoms with Gasteiger partial charge < -0.3 is 10.2 Å². The molecule has 0 spiro atoms. The molecule has 20 heavy (non-hydrogen) atoms. The summed E-state index contributed by atoms with van der Waals surface area (Å²) >= 11 is 6.47. The zero-order valence-electron chi connectivity index (χ0n) is 11.4. The van der Waals surface area contributed by atoms with Gasteiger partial charge in [-0.2, -0.15) is 0 Å². The summed E-state index contributed by atoms with van der Waals surface area (Å²) in [6.45, 7) is 1.80. The van der Waals surface area contributed by atoms with Crippen molar-refractivity contribution in [1.29, 1.82) is 0 Å². The Morgan fingerprint density at radius 1 is 0.950 bits per heavy atom. The smallest absolute Gasteiger partial charge is 0.0712 e. The number of halogens is 1. The number of alkyl halides is 1. The molecule has 1 unspecified atom stereocenters. The fourth-order valence-corrected chi connectivity index (χ4v) is 2.64. The number of aliphatic hydroxyl groups excluding tert-OH is 2. The van der Waals surface area contributed by atoms with E-state index >= 15 is 0 Å². The minimum absolute atomic E-state index is 0.0708. The molecule has 0 fully saturated rings. The van der Waals surface area contributed by atoms with Crippen LogP contribution in [-0.2, 0) is 0 Å². The number of hydrogen-bond donors (Lipinski definition) is 2. The maximum Gasteiger partial charge on any atom is 0.0712 e. The molecule has 0 aliphatic rings. The molecule has 1 atom stereocenters. The molecule has 0 saturated carbocycles. The summed E-state index contributed by atoms with van der Waals surface area (Å²) in [4.78, 5) is 1.97. The number of aliphatic hydroxyl groups is 2. The number of hydrogen-bond acceptors (Lipinski definition) is 3. The zero-order valence-corrected chi connectivity index (χ0v) is 12.1. The van der Waals surface area contributed by atoms with Gasteiger partial charge in [0.2, 0.25) is 0 Å². The van der Waals surface area contributed by atoms with Gasteiger partial charge in [0.15, 0.2) is 0 Å². The van der Waals surface area contributed by atoms with Crippen molar-refractivity contribution in [3.05, 3.63) is 48.0 Å². The lowest BCUT2D eigenvalue weighted by Crippen LogP contribution is -2.32. The lowest BCUT2D eigenvalue weighted by Gasteiger charge is -2.23. The minimum Gasteiger partial charge on any atom is -0.395 e. The molecule has 2 aromatic carbocycles. The van der Waals surface area contributed by atoms with Crippen molar-refractivity contribution in [2.45, 2.75) is 5.38 Å². The monoisotopic (exact) mass is 293 g/mol. The van der Waals surface area contributed by atoms with Crippen LogP contribution in [0.15, 0.2) is 42.5 Å². The van der Waals surface area contributed by atoms with E-state index < -0.39 is 0 Å². The summed E-state index contributed by atoms with van der Waals surface area (Å²) in [6.07, 6.45) is 0. The Hall–Kier alpha value is -1.13. The second-order valence-corrected chi connectivity index (χ2v) is 5.35. The third kappa shape index (κ3) is 3.93. The van der Waals surface area contributed by atoms with Gasteiger partial charge in [-0.15, -0.1) is 11.6 Å². The van der Waals surface area contributed by atoms with Crippen LogP contribution in [0.2, 0.25) is 0 Å². The van der Waals surface area contributed by atoms with Crippen molar-refractivity contribution in [3.8, 4) is 0 Å². The largest absolute Gasteiger partial charge is 0.395 e. The van der Waals surface area contributed by atoms with Crippen LogP contribution in [0, 0.1) is 0 Å². The molecule has 2 aromatic rings. The average Bonchev–Trinajstić information content (AvgIpc) is 2.47. The van der Waals surface area contributed by atoms with Gasteiger partial charge in [-0.05, 0) is 22.4 Å². The first kappa shape index (κ1) is 15.3. The third-order valence-electron chi connectivity index (χ3n) is 3.39. The highest BCUT2D eigenvalue weighted by atomic mass is 35.5. The average molecular weight is 294 g/mol. The molecule has 0 aliphatic heterocycles. The summed E-state index contributed by atoms with van der Waals surface area (Å²) in [6, 6.07) is 14.4. The zero-order chi connectivity index (χ0) is 14.4. The molecular formula is C16H20ClNO2. The third-order valence-corrected chi connectivity index (χ3v) is 3.78. The van der Waals surface area contributed by atoms with E-state index in [-0.39, 0.29) is 18.6 Å². The van der Waals surface area contributed by atoms with Gasteiger partial charge in [0.1, 0.15) is 0 Å². The van der Waals surface area contributed by atoms with E-state index in [9.17, 15) is 0 Å². The molecule has 0 saturated heterocycles. The molecular weight excluding hydrogens is 274 g/mol. The Bertz CT molecular complexity index is 541. The van der Waals surface area contributed by atoms with Crippen molar-refractivity contribution in [2.75, 3.05) is 32.8 Å². The maximum atomic E-state index is 9.02. The highest BCUT2D eigenvalue weighted by Gasteiger charge is 2.13. The molecule has 0 aromatic heterocycles. The van der Waals surface area contributed by atoms with E-state index in [1.165, 1.54) is 10.8 Å². The lowest BCUT2D eigenvalue weighted by atomic mass is 10.0. The van der Waals surface area contributed by atoms with Crippen LogP contribution >= 0.6 is 11.6 Å². The highest BCUT2D eigenvalue weighted by molar-refractivity contribution is 6.21. The summed E-state index contributed by atoms with van der Waals surface area (Å²) < 4.78 is 0. The maximum absolute atomic E-state index is 9.02. The first-order valence-electron chi connectivity index (χ1n) is 6.81. The van der Waals surface area contributed by atoms with Crippen LogP contribution in [0.3, 0.4) is 0 Å². The number of fused-ring (bicyclic) bond motifs is 1. The molecule has 2 rings (SSSR count). The van der Waals surface area contributed by atoms with Crippen molar-refractivity contribution < 1.29 is 10.2 Å². The molecule has 2 N–H and O–H groups in total. The molecule has 0 radical (unpaired) electrons. The van der Waals surface area contributed by atoms with Crippen LogP contribution in [0.1, 0.15) is 10.9 Å². The number of benzene rings is 2. The molecule has 4 heteroatoms. The Labute approximate surface area is 124 Å². The fraction of sp³-hybridized carbons (Fsp3) is 0.375. The Morgan fingerprint density at radius 3 is 2.25 bits per heavy atom. The van der Waals surface area contributed by atoms with Crippen molar-refractivity contribution in [1.82, 2.24) is 4.90 Å². The molecule has 0 aliphatic carbocycles. The van der Waals surface area contributed by atoms with Gasteiger partial charge in [-0.1, -0.05) is 36.4 Å². The highest BCUT2D eigenvalue weighted by Crippen LogP contribution is 2.25. The van der Waals surface area contributed by atoms with Crippen LogP contribution in [0.25, 0.3) is 10.8 Å². The Morgan fingerprint density at radius 2 is 1.60 bits per heavy atom. The molecule has 0 heterocycles. The van der Waals surface area contributed by atoms with Gasteiger partial charge in [0.05, 0.1) is 18.6 Å². The van der Waals surface area contributed by atoms with E-state index in [4.69, 9.17) is 21.8 Å². The number of nitrogens with zero attached hydrogens (tertiary/aromatic N) is 1. The number of rotatable bonds is 7. The Balaban J connectivity index is 2.11. The van der Waals surface area contributed by atoms with E-state index in [1.54, 1.807) is 0 Å². The fourth-order valence-electron chi connectivity index (χ4n) is 2.31. The topological polar surface area (TPSA) is 43.7 Å². The lowest BCUT2D eigenvalue weighted by molar-refractivity contribution is 0.161. The molecule has 0 bridgehead atoms. The van der Waals surface area contributed by atoms with Crippen molar-refractivity contribution >= 4 is 22.4 Å². The predicted molar refractivity (Wildman–Crippen MR) is 83.2 cm³/mol. The first-order valence-corrected chi connectivity index (χ1v) is 7.25. The van der Waals surface area contributed by atoms with Gasteiger partial charge in [0, 0.05) is 19.6 Å². The van der Waals surface area contributed by atoms with Gasteiger partial charge in [0.25, 0.3) is 0 Å². The molecule has 3 nitrogen and oxygen atoms in total. The summed E-state index contributed by atoms with van der Waals surface area (Å²) in [7, 11) is 0. The van der Waals surface area contributed by atoms with Gasteiger partial charge in [-0.25, -0.2) is 0 Å². The van der Waals surface area contributed by atoms with Crippen LogP contribution in [0.5, 0.6) is 0 Å². The van der Waals surface area contributed by atoms with E-state index in [1.807, 2.05) is 23.1 Å². The van der Waals surface area contributed by atoms with Gasteiger partial charge in [-0.3, -0.25) is 4.90 Å². The summed E-state index contributed by atoms with van der Waals surface area (Å²) in [5, 5.41) is 20.3. The predicted octanol–water partition coefficient (Wildman–Crippen LogP) is 2.41. The van der Waals surface area contributed by atoms with Crippen molar-refractivity contribution in [2.24, 2.45) is 0 Å². The summed E-state index contributed by atoms with van der Waals surface area (Å²) in [5.41, 5.74) is 1.06. The second kappa shape index (κ2) is 7.60. The van der Waals surface area contributed by atoms with Crippen LogP contribution in [0.4, 0.5) is 0 Å². The quantitative estimate of drug-likeness (QED) is 0.771. The van der Waals surface area contributed by atoms with Crippen LogP contribution < -0.4 is 0 Å². The second-order valence-electron chi connectivity index (χ2n) is 4.82. The SMILES string of the molecule is OCCN(CCO)CC(Cl)c1ccc2ccccc2c1. The van der Waals surface area contributed by atoms with Crippen molar-refractivity contribution in [3.63, 3.8) is 0 Å². The summed E-state index contributed by atoms with van der Waals surface area (Å²) in [5.74, 6) is 0. The van der Waals surface area contributed by atoms with Crippen LogP contribution in [-0.4, -0.2) is 48.0 Å². The molecule has 108 valence electrons. The van der Waals surface area contributed by atoms with E-state index in [2.05, 4.69) is 24.3 Å². The van der Waals surface area contributed by atoms with E-state index in [0.29, 0.717) is 19.6 Å². The molecule has 0 amide bonds.